The van der Waals surface area contributed by atoms with Crippen LogP contribution in [0.5, 0.6) is 0 Å². The number of H-pyrrole nitrogens is 2. The van der Waals surface area contributed by atoms with Crippen molar-refractivity contribution in [2.24, 2.45) is 0 Å². The second kappa shape index (κ2) is 7.92. The highest BCUT2D eigenvalue weighted by Gasteiger charge is 2.15. The smallest absolute Gasteiger partial charge is 0.275 e. The van der Waals surface area contributed by atoms with Crippen LogP contribution < -0.4 is 5.56 Å². The number of fused-ring (bicyclic) bond motifs is 1. The largest absolute Gasteiger partial charge is 0.355 e. The lowest BCUT2D eigenvalue weighted by Gasteiger charge is -2.01. The van der Waals surface area contributed by atoms with Crippen LogP contribution in [-0.4, -0.2) is 25.1 Å². The van der Waals surface area contributed by atoms with E-state index in [-0.39, 0.29) is 5.56 Å². The van der Waals surface area contributed by atoms with Crippen molar-refractivity contribution in [3.8, 4) is 22.5 Å². The SMILES string of the molecule is O=c1[nH]c(SCc2nc(-c3ccccc3Br)no2)nc2c(-c3ccccc3)c[nH]c12. The summed E-state index contributed by atoms with van der Waals surface area (Å²) in [7, 11) is 0. The molecular weight excluding hydrogens is 466 g/mol. The fourth-order valence-corrected chi connectivity index (χ4v) is 4.26. The first-order valence-corrected chi connectivity index (χ1v) is 10.8. The zero-order valence-electron chi connectivity index (χ0n) is 15.4. The van der Waals surface area contributed by atoms with Gasteiger partial charge in [0, 0.05) is 21.8 Å². The van der Waals surface area contributed by atoms with Crippen molar-refractivity contribution in [3.05, 3.63) is 81.5 Å². The van der Waals surface area contributed by atoms with Crippen LogP contribution in [0.2, 0.25) is 0 Å². The number of aromatic nitrogens is 5. The monoisotopic (exact) mass is 479 g/mol. The molecule has 30 heavy (non-hydrogen) atoms. The second-order valence-corrected chi connectivity index (χ2v) is 8.26. The van der Waals surface area contributed by atoms with E-state index in [0.29, 0.717) is 33.7 Å². The number of nitrogens with zero attached hydrogens (tertiary/aromatic N) is 3. The Bertz CT molecular complexity index is 1390. The summed E-state index contributed by atoms with van der Waals surface area (Å²) in [5.74, 6) is 1.34. The van der Waals surface area contributed by atoms with Gasteiger partial charge in [-0.05, 0) is 17.7 Å². The van der Waals surface area contributed by atoms with Gasteiger partial charge in [0.1, 0.15) is 11.0 Å². The predicted octanol–water partition coefficient (Wildman–Crippen LogP) is 5.02. The van der Waals surface area contributed by atoms with Gasteiger partial charge in [0.25, 0.3) is 5.56 Å². The molecule has 0 amide bonds. The molecule has 0 bridgehead atoms. The zero-order chi connectivity index (χ0) is 20.5. The molecule has 0 radical (unpaired) electrons. The summed E-state index contributed by atoms with van der Waals surface area (Å²) in [6.45, 7) is 0. The lowest BCUT2D eigenvalue weighted by atomic mass is 10.1. The van der Waals surface area contributed by atoms with E-state index in [1.165, 1.54) is 11.8 Å². The third-order valence-electron chi connectivity index (χ3n) is 4.51. The molecule has 0 aliphatic rings. The number of hydrogen-bond acceptors (Lipinski definition) is 6. The van der Waals surface area contributed by atoms with Crippen molar-refractivity contribution in [3.63, 3.8) is 0 Å². The highest BCUT2D eigenvalue weighted by atomic mass is 79.9. The van der Waals surface area contributed by atoms with Crippen molar-refractivity contribution >= 4 is 38.7 Å². The molecule has 3 aromatic heterocycles. The lowest BCUT2D eigenvalue weighted by molar-refractivity contribution is 0.391. The molecule has 0 fully saturated rings. The van der Waals surface area contributed by atoms with Crippen LogP contribution in [0.3, 0.4) is 0 Å². The zero-order valence-corrected chi connectivity index (χ0v) is 17.8. The van der Waals surface area contributed by atoms with E-state index in [4.69, 9.17) is 4.52 Å². The van der Waals surface area contributed by atoms with E-state index in [2.05, 4.69) is 41.0 Å². The number of thioether (sulfide) groups is 1. The summed E-state index contributed by atoms with van der Waals surface area (Å²) >= 11 is 4.83. The van der Waals surface area contributed by atoms with Gasteiger partial charge >= 0.3 is 0 Å². The summed E-state index contributed by atoms with van der Waals surface area (Å²) in [6.07, 6.45) is 1.80. The van der Waals surface area contributed by atoms with Crippen molar-refractivity contribution < 1.29 is 4.52 Å². The molecule has 0 unspecified atom stereocenters. The molecule has 2 aromatic carbocycles. The van der Waals surface area contributed by atoms with Crippen LogP contribution in [0.15, 0.2) is 79.7 Å². The maximum Gasteiger partial charge on any atom is 0.275 e. The number of aromatic amines is 2. The van der Waals surface area contributed by atoms with E-state index < -0.39 is 0 Å². The third kappa shape index (κ3) is 3.57. The normalized spacial score (nSPS) is 11.2. The van der Waals surface area contributed by atoms with Gasteiger partial charge in [-0.25, -0.2) is 4.98 Å². The molecule has 0 atom stereocenters. The van der Waals surface area contributed by atoms with Gasteiger partial charge < -0.3 is 9.51 Å². The Labute approximate surface area is 183 Å². The quantitative estimate of drug-likeness (QED) is 0.271. The Morgan fingerprint density at radius 3 is 2.63 bits per heavy atom. The summed E-state index contributed by atoms with van der Waals surface area (Å²) in [6, 6.07) is 17.5. The van der Waals surface area contributed by atoms with Crippen molar-refractivity contribution in [1.82, 2.24) is 25.1 Å². The summed E-state index contributed by atoms with van der Waals surface area (Å²) in [4.78, 5) is 27.4. The fraction of sp³-hybridized carbons (Fsp3) is 0.0476. The fourth-order valence-electron chi connectivity index (χ4n) is 3.10. The molecule has 7 nitrogen and oxygen atoms in total. The van der Waals surface area contributed by atoms with E-state index in [9.17, 15) is 4.79 Å². The van der Waals surface area contributed by atoms with Crippen molar-refractivity contribution in [1.29, 1.82) is 0 Å². The average Bonchev–Trinajstić information content (AvgIpc) is 3.41. The molecule has 0 aliphatic heterocycles. The van der Waals surface area contributed by atoms with Gasteiger partial charge in [-0.15, -0.1) is 0 Å². The van der Waals surface area contributed by atoms with Crippen molar-refractivity contribution in [2.75, 3.05) is 0 Å². The standard InChI is InChI=1S/C21H14BrN5O2S/c22-15-9-5-4-8-13(15)19-24-16(29-27-19)11-30-21-25-17-14(12-6-2-1-3-7-12)10-23-18(17)20(28)26-21/h1-10,23H,11H2,(H,25,26,28). The maximum atomic E-state index is 12.5. The van der Waals surface area contributed by atoms with Crippen LogP contribution in [0.4, 0.5) is 0 Å². The maximum absolute atomic E-state index is 12.5. The van der Waals surface area contributed by atoms with Crippen molar-refractivity contribution in [2.45, 2.75) is 10.9 Å². The van der Waals surface area contributed by atoms with E-state index in [1.54, 1.807) is 6.20 Å². The van der Waals surface area contributed by atoms with Gasteiger partial charge in [0.15, 0.2) is 5.16 Å². The first-order valence-electron chi connectivity index (χ1n) is 9.06. The number of benzene rings is 2. The molecular formula is C21H14BrN5O2S. The number of rotatable bonds is 5. The van der Waals surface area contributed by atoms with Gasteiger partial charge in [-0.3, -0.25) is 9.78 Å². The van der Waals surface area contributed by atoms with Crippen LogP contribution >= 0.6 is 27.7 Å². The molecule has 0 aliphatic carbocycles. The van der Waals surface area contributed by atoms with E-state index >= 15 is 0 Å². The molecule has 0 spiro atoms. The van der Waals surface area contributed by atoms with Gasteiger partial charge in [0.05, 0.1) is 5.75 Å². The second-order valence-electron chi connectivity index (χ2n) is 6.44. The minimum Gasteiger partial charge on any atom is -0.355 e. The topological polar surface area (TPSA) is 100 Å². The van der Waals surface area contributed by atoms with Crippen LogP contribution in [0, 0.1) is 0 Å². The molecule has 5 aromatic rings. The molecule has 0 saturated carbocycles. The van der Waals surface area contributed by atoms with Crippen LogP contribution in [-0.2, 0) is 5.75 Å². The molecule has 0 saturated heterocycles. The Morgan fingerprint density at radius 2 is 1.80 bits per heavy atom. The first-order chi connectivity index (χ1) is 14.7. The highest BCUT2D eigenvalue weighted by molar-refractivity contribution is 9.10. The molecule has 2 N–H and O–H groups in total. The number of hydrogen-bond donors (Lipinski definition) is 2. The van der Waals surface area contributed by atoms with Crippen LogP contribution in [0.1, 0.15) is 5.89 Å². The van der Waals surface area contributed by atoms with Crippen LogP contribution in [0.25, 0.3) is 33.5 Å². The van der Waals surface area contributed by atoms with Gasteiger partial charge in [-0.2, -0.15) is 4.98 Å². The third-order valence-corrected chi connectivity index (χ3v) is 6.06. The minimum atomic E-state index is -0.218. The van der Waals surface area contributed by atoms with Gasteiger partial charge in [-0.1, -0.05) is 75.3 Å². The Kier molecular flexibility index (Phi) is 4.97. The lowest BCUT2D eigenvalue weighted by Crippen LogP contribution is -2.09. The predicted molar refractivity (Wildman–Crippen MR) is 119 cm³/mol. The molecule has 3 heterocycles. The van der Waals surface area contributed by atoms with Gasteiger partial charge in [0.2, 0.25) is 11.7 Å². The number of nitrogens with one attached hydrogen (secondary N) is 2. The number of halogens is 1. The Balaban J connectivity index is 1.41. The Morgan fingerprint density at radius 1 is 1.00 bits per heavy atom. The summed E-state index contributed by atoms with van der Waals surface area (Å²) in [5, 5.41) is 4.54. The highest BCUT2D eigenvalue weighted by Crippen LogP contribution is 2.29. The molecule has 148 valence electrons. The molecule has 9 heteroatoms. The summed E-state index contributed by atoms with van der Waals surface area (Å²) < 4.78 is 6.25. The average molecular weight is 480 g/mol. The Hall–Kier alpha value is -3.17. The molecule has 5 rings (SSSR count). The first kappa shape index (κ1) is 18.8. The summed E-state index contributed by atoms with van der Waals surface area (Å²) in [5.41, 5.74) is 3.59. The minimum absolute atomic E-state index is 0.218. The van der Waals surface area contributed by atoms with E-state index in [0.717, 1.165) is 21.2 Å². The van der Waals surface area contributed by atoms with E-state index in [1.807, 2.05) is 54.6 Å².